The zero-order chi connectivity index (χ0) is 38.3. The van der Waals surface area contributed by atoms with E-state index in [-0.39, 0.29) is 24.5 Å². The Morgan fingerprint density at radius 3 is 1.44 bits per heavy atom. The number of rotatable bonds is 39. The van der Waals surface area contributed by atoms with Crippen LogP contribution in [-0.4, -0.2) is 59.3 Å². The maximum atomic E-state index is 12.7. The Kier molecular flexibility index (Phi) is 36.5. The number of carbonyl (C=O) groups is 4. The van der Waals surface area contributed by atoms with Gasteiger partial charge in [-0.15, -0.1) is 0 Å². The monoisotopic (exact) mass is 737 g/mol. The Bertz CT molecular complexity index is 895. The van der Waals surface area contributed by atoms with Gasteiger partial charge < -0.3 is 25.6 Å². The lowest BCUT2D eigenvalue weighted by Gasteiger charge is -2.18. The second kappa shape index (κ2) is 38.3. The van der Waals surface area contributed by atoms with Gasteiger partial charge in [-0.3, -0.25) is 14.4 Å². The highest BCUT2D eigenvalue weighted by atomic mass is 16.5. The first kappa shape index (κ1) is 49.6. The molecule has 2 unspecified atom stereocenters. The van der Waals surface area contributed by atoms with E-state index in [0.717, 1.165) is 57.8 Å². The second-order valence-electron chi connectivity index (χ2n) is 14.8. The maximum absolute atomic E-state index is 12.7. The molecule has 0 aromatic heterocycles. The van der Waals surface area contributed by atoms with E-state index in [1.54, 1.807) is 0 Å². The summed E-state index contributed by atoms with van der Waals surface area (Å²) in [6.07, 6.45) is 39.5. The van der Waals surface area contributed by atoms with Crippen molar-refractivity contribution in [2.75, 3.05) is 13.2 Å². The zero-order valence-electron chi connectivity index (χ0n) is 33.6. The Morgan fingerprint density at radius 1 is 0.558 bits per heavy atom. The van der Waals surface area contributed by atoms with Crippen molar-refractivity contribution < 1.29 is 34.1 Å². The normalized spacial score (nSPS) is 12.5. The highest BCUT2D eigenvalue weighted by Gasteiger charge is 2.19. The third-order valence-electron chi connectivity index (χ3n) is 9.76. The molecule has 0 aliphatic heterocycles. The molecule has 0 heterocycles. The third kappa shape index (κ3) is 34.7. The van der Waals surface area contributed by atoms with Gasteiger partial charge in [-0.25, -0.2) is 4.79 Å². The molecule has 0 aromatic carbocycles. The van der Waals surface area contributed by atoms with Crippen LogP contribution in [0.3, 0.4) is 0 Å². The summed E-state index contributed by atoms with van der Waals surface area (Å²) in [5, 5.41) is 22.5. The number of aliphatic hydroxyl groups excluding tert-OH is 1. The largest absolute Gasteiger partial charge is 0.480 e. The van der Waals surface area contributed by atoms with Crippen LogP contribution in [-0.2, 0) is 23.9 Å². The van der Waals surface area contributed by atoms with Crippen molar-refractivity contribution in [1.82, 2.24) is 10.6 Å². The molecule has 0 fully saturated rings. The predicted octanol–water partition coefficient (Wildman–Crippen LogP) is 10.3. The molecular weight excluding hydrogens is 656 g/mol. The van der Waals surface area contributed by atoms with Crippen LogP contribution in [0.5, 0.6) is 0 Å². The van der Waals surface area contributed by atoms with E-state index in [2.05, 4.69) is 36.6 Å². The molecule has 0 saturated carbocycles. The van der Waals surface area contributed by atoms with Crippen molar-refractivity contribution in [2.45, 2.75) is 225 Å². The smallest absolute Gasteiger partial charge is 0.328 e. The van der Waals surface area contributed by atoms with Gasteiger partial charge in [-0.2, -0.15) is 0 Å². The fraction of sp³-hybridized carbons (Fsp3) is 0.860. The lowest BCUT2D eigenvalue weighted by molar-refractivity contribution is -0.150. The number of nitrogens with one attached hydrogen (secondary N) is 2. The number of aliphatic hydroxyl groups is 1. The van der Waals surface area contributed by atoms with E-state index in [1.165, 1.54) is 122 Å². The SMILES string of the molecule is CCCCCCCCC/C=C\CCCCCCCC(=O)OC(CCCCCCCCCC)CCCCCCCC(=O)NCC(=O)NC(CO)C(=O)O. The lowest BCUT2D eigenvalue weighted by Crippen LogP contribution is -2.47. The molecule has 0 bridgehead atoms. The van der Waals surface area contributed by atoms with Gasteiger partial charge >= 0.3 is 11.9 Å². The number of esters is 1. The summed E-state index contributed by atoms with van der Waals surface area (Å²) in [6, 6.07) is -1.38. The highest BCUT2D eigenvalue weighted by Crippen LogP contribution is 2.19. The average Bonchev–Trinajstić information content (AvgIpc) is 3.13. The first-order valence-electron chi connectivity index (χ1n) is 21.6. The zero-order valence-corrected chi connectivity index (χ0v) is 33.6. The molecule has 0 spiro atoms. The molecule has 304 valence electrons. The average molecular weight is 737 g/mol. The first-order valence-corrected chi connectivity index (χ1v) is 21.6. The van der Waals surface area contributed by atoms with Crippen LogP contribution in [0.2, 0.25) is 0 Å². The Hall–Kier alpha value is -2.42. The van der Waals surface area contributed by atoms with E-state index < -0.39 is 24.5 Å². The molecule has 0 aliphatic rings. The predicted molar refractivity (Wildman–Crippen MR) is 213 cm³/mol. The van der Waals surface area contributed by atoms with E-state index in [0.29, 0.717) is 19.3 Å². The Morgan fingerprint density at radius 2 is 0.981 bits per heavy atom. The number of aliphatic carboxylic acids is 1. The minimum atomic E-state index is -1.38. The van der Waals surface area contributed by atoms with Crippen molar-refractivity contribution in [1.29, 1.82) is 0 Å². The molecule has 9 heteroatoms. The van der Waals surface area contributed by atoms with Gasteiger partial charge in [-0.05, 0) is 64.2 Å². The fourth-order valence-electron chi connectivity index (χ4n) is 6.42. The van der Waals surface area contributed by atoms with Crippen LogP contribution in [0.4, 0.5) is 0 Å². The van der Waals surface area contributed by atoms with E-state index >= 15 is 0 Å². The van der Waals surface area contributed by atoms with Crippen molar-refractivity contribution in [2.24, 2.45) is 0 Å². The Balaban J connectivity index is 4.19. The number of carboxylic acids is 1. The molecule has 4 N–H and O–H groups in total. The highest BCUT2D eigenvalue weighted by molar-refractivity contribution is 5.87. The van der Waals surface area contributed by atoms with Crippen LogP contribution in [0.25, 0.3) is 0 Å². The topological polar surface area (TPSA) is 142 Å². The molecule has 0 aromatic rings. The standard InChI is InChI=1S/C43H80N2O7/c1-3-5-7-9-11-13-14-15-16-17-18-19-20-22-27-31-35-42(49)52-38(32-28-24-21-12-10-8-6-4-2)33-29-25-23-26-30-34-40(47)44-36-41(48)45-39(37-46)43(50)51/h16-17,38-39,46H,3-15,18-37H2,1-2H3,(H,44,47)(H,45,48)(H,50,51)/b17-16-. The van der Waals surface area contributed by atoms with Crippen molar-refractivity contribution in [3.8, 4) is 0 Å². The summed E-state index contributed by atoms with van der Waals surface area (Å²) >= 11 is 0. The van der Waals surface area contributed by atoms with E-state index in [9.17, 15) is 19.2 Å². The van der Waals surface area contributed by atoms with Crippen molar-refractivity contribution in [3.05, 3.63) is 12.2 Å². The van der Waals surface area contributed by atoms with E-state index in [1.807, 2.05) is 0 Å². The Labute approximate surface area is 318 Å². The van der Waals surface area contributed by atoms with Crippen LogP contribution in [0.1, 0.15) is 213 Å². The minimum absolute atomic E-state index is 0.0103. The number of unbranched alkanes of at least 4 members (excludes halogenated alkanes) is 23. The summed E-state index contributed by atoms with van der Waals surface area (Å²) in [4.78, 5) is 47.5. The van der Waals surface area contributed by atoms with Gasteiger partial charge in [0.25, 0.3) is 0 Å². The van der Waals surface area contributed by atoms with Crippen LogP contribution >= 0.6 is 0 Å². The van der Waals surface area contributed by atoms with Crippen LogP contribution in [0, 0.1) is 0 Å². The van der Waals surface area contributed by atoms with Gasteiger partial charge in [-0.1, -0.05) is 148 Å². The number of amides is 2. The quantitative estimate of drug-likeness (QED) is 0.0279. The molecule has 0 rings (SSSR count). The number of hydrogen-bond donors (Lipinski definition) is 4. The van der Waals surface area contributed by atoms with Gasteiger partial charge in [0.15, 0.2) is 0 Å². The molecule has 0 aliphatic carbocycles. The summed E-state index contributed by atoms with van der Waals surface area (Å²) < 4.78 is 6.00. The van der Waals surface area contributed by atoms with Crippen LogP contribution < -0.4 is 10.6 Å². The third-order valence-corrected chi connectivity index (χ3v) is 9.76. The number of ether oxygens (including phenoxy) is 1. The molecule has 0 saturated heterocycles. The summed E-state index contributed by atoms with van der Waals surface area (Å²) in [6.45, 7) is 3.48. The van der Waals surface area contributed by atoms with E-state index in [4.69, 9.17) is 14.9 Å². The second-order valence-corrected chi connectivity index (χ2v) is 14.8. The van der Waals surface area contributed by atoms with Crippen molar-refractivity contribution in [3.63, 3.8) is 0 Å². The van der Waals surface area contributed by atoms with Gasteiger partial charge in [0.05, 0.1) is 13.2 Å². The maximum Gasteiger partial charge on any atom is 0.328 e. The van der Waals surface area contributed by atoms with Crippen LogP contribution in [0.15, 0.2) is 12.2 Å². The molecule has 52 heavy (non-hydrogen) atoms. The van der Waals surface area contributed by atoms with Gasteiger partial charge in [0.2, 0.25) is 11.8 Å². The van der Waals surface area contributed by atoms with Gasteiger partial charge in [0, 0.05) is 12.8 Å². The number of hydrogen-bond acceptors (Lipinski definition) is 6. The number of carboxylic acid groups (broad SMARTS) is 1. The number of carbonyl (C=O) groups excluding carboxylic acids is 3. The molecular formula is C43H80N2O7. The molecule has 2 amide bonds. The van der Waals surface area contributed by atoms with Crippen molar-refractivity contribution >= 4 is 23.8 Å². The summed E-state index contributed by atoms with van der Waals surface area (Å²) in [5.74, 6) is -2.29. The minimum Gasteiger partial charge on any atom is -0.480 e. The first-order chi connectivity index (χ1) is 25.3. The molecule has 2 atom stereocenters. The molecule has 9 nitrogen and oxygen atoms in total. The lowest BCUT2D eigenvalue weighted by atomic mass is 10.0. The fourth-order valence-corrected chi connectivity index (χ4v) is 6.42. The van der Waals surface area contributed by atoms with Gasteiger partial charge in [0.1, 0.15) is 12.1 Å². The number of allylic oxidation sites excluding steroid dienone is 2. The molecule has 0 radical (unpaired) electrons. The summed E-state index contributed by atoms with van der Waals surface area (Å²) in [7, 11) is 0. The summed E-state index contributed by atoms with van der Waals surface area (Å²) in [5.41, 5.74) is 0.